The maximum absolute atomic E-state index is 12.4. The van der Waals surface area contributed by atoms with E-state index in [2.05, 4.69) is 21.3 Å². The van der Waals surface area contributed by atoms with Crippen LogP contribution in [0, 0.1) is 11.8 Å². The van der Waals surface area contributed by atoms with Gasteiger partial charge in [-0.05, 0) is 32.1 Å². The molecule has 0 unspecified atom stereocenters. The minimum Gasteiger partial charge on any atom is -0.481 e. The van der Waals surface area contributed by atoms with E-state index in [1.165, 1.54) is 69.5 Å². The number of ether oxygens (including phenoxy) is 4. The van der Waals surface area contributed by atoms with Crippen LogP contribution >= 0.6 is 11.8 Å². The molecule has 0 aliphatic heterocycles. The number of ketones is 2. The number of amides is 4. The monoisotopic (exact) mass is 1060 g/mol. The highest BCUT2D eigenvalue weighted by Gasteiger charge is 2.25. The second kappa shape index (κ2) is 48.7. The lowest BCUT2D eigenvalue weighted by Gasteiger charge is -2.15. The van der Waals surface area contributed by atoms with Gasteiger partial charge in [0.2, 0.25) is 23.6 Å². The third-order valence-corrected chi connectivity index (χ3v) is 12.8. The normalized spacial score (nSPS) is 12.4. The number of hydrogen-bond acceptors (Lipinski definition) is 15. The molecule has 3 atom stereocenters. The molecule has 22 heteroatoms. The smallest absolute Gasteiger partial charge is 0.326 e. The molecule has 0 aliphatic carbocycles. The Morgan fingerprint density at radius 1 is 0.479 bits per heavy atom. The lowest BCUT2D eigenvalue weighted by Crippen LogP contribution is -2.41. The predicted molar refractivity (Wildman–Crippen MR) is 275 cm³/mol. The molecule has 4 amide bonds. The Morgan fingerprint density at radius 3 is 1.45 bits per heavy atom. The average molecular weight is 1060 g/mol. The van der Waals surface area contributed by atoms with E-state index in [0.29, 0.717) is 25.0 Å². The van der Waals surface area contributed by atoms with Crippen molar-refractivity contribution >= 4 is 64.9 Å². The van der Waals surface area contributed by atoms with Crippen molar-refractivity contribution in [3.63, 3.8) is 0 Å². The Balaban J connectivity index is 3.71. The van der Waals surface area contributed by atoms with E-state index in [9.17, 15) is 48.3 Å². The zero-order chi connectivity index (χ0) is 54.2. The zero-order valence-corrected chi connectivity index (χ0v) is 44.4. The van der Waals surface area contributed by atoms with Gasteiger partial charge in [-0.1, -0.05) is 96.8 Å². The van der Waals surface area contributed by atoms with Crippen molar-refractivity contribution in [2.75, 3.05) is 90.6 Å². The molecule has 0 radical (unpaired) electrons. The van der Waals surface area contributed by atoms with Gasteiger partial charge in [0.05, 0.1) is 51.3 Å². The standard InChI is InChI=1S/C51H90N4O17S/c1-2-40(44(58)34-41(35-56)50(65)66)38-73-39-48(62)53-26-25-52-46(60)36-72-33-31-70-29-27-54-47(61)37-71-32-30-69-28-19-20-42(57)23-24-43(51(67)68)55-45(59)21-17-15-13-11-9-7-5-3-4-6-8-10-12-14-16-18-22-49(63)64/h40-41,43,56H,2-39H2,1H3,(H,52,60)(H,53,62)(H,54,61)(H,55,59)(H,63,64)(H,65,66)(H,67,68)/t40-,41-,43-/m0/s1. The summed E-state index contributed by atoms with van der Waals surface area (Å²) in [6, 6.07) is -1.12. The fraction of sp³-hybridized carbons (Fsp3) is 0.824. The summed E-state index contributed by atoms with van der Waals surface area (Å²) >= 11 is 1.25. The zero-order valence-electron chi connectivity index (χ0n) is 43.6. The number of nitrogens with one attached hydrogen (secondary N) is 4. The van der Waals surface area contributed by atoms with Gasteiger partial charge in [-0.3, -0.25) is 38.4 Å². The number of carbonyl (C=O) groups is 9. The van der Waals surface area contributed by atoms with E-state index in [1.807, 2.05) is 0 Å². The first-order chi connectivity index (χ1) is 35.2. The fourth-order valence-corrected chi connectivity index (χ4v) is 8.43. The van der Waals surface area contributed by atoms with Crippen molar-refractivity contribution in [3.8, 4) is 0 Å². The molecule has 0 aliphatic rings. The number of carboxylic acid groups (broad SMARTS) is 3. The molecule has 0 spiro atoms. The second-order valence-electron chi connectivity index (χ2n) is 18.1. The van der Waals surface area contributed by atoms with Crippen LogP contribution in [-0.4, -0.2) is 170 Å². The summed E-state index contributed by atoms with van der Waals surface area (Å²) in [5.41, 5.74) is 0. The Labute approximate surface area is 436 Å². The van der Waals surface area contributed by atoms with E-state index >= 15 is 0 Å². The molecular formula is C51H90N4O17S. The number of aliphatic hydroxyl groups is 1. The molecule has 0 rings (SSSR count). The average Bonchev–Trinajstić information content (AvgIpc) is 3.35. The van der Waals surface area contributed by atoms with Gasteiger partial charge in [-0.25, -0.2) is 4.79 Å². The minimum absolute atomic E-state index is 0.0216. The molecule has 0 heterocycles. The van der Waals surface area contributed by atoms with Gasteiger partial charge >= 0.3 is 17.9 Å². The van der Waals surface area contributed by atoms with E-state index in [4.69, 9.17) is 34.3 Å². The fourth-order valence-electron chi connectivity index (χ4n) is 7.32. The summed E-state index contributed by atoms with van der Waals surface area (Å²) in [6.07, 6.45) is 19.2. The van der Waals surface area contributed by atoms with E-state index in [-0.39, 0.29) is 152 Å². The van der Waals surface area contributed by atoms with E-state index in [0.717, 1.165) is 38.5 Å². The van der Waals surface area contributed by atoms with Crippen LogP contribution in [0.4, 0.5) is 0 Å². The summed E-state index contributed by atoms with van der Waals surface area (Å²) in [4.78, 5) is 106. The van der Waals surface area contributed by atoms with Crippen molar-refractivity contribution < 1.29 is 82.5 Å². The number of aliphatic hydroxyl groups excluding tert-OH is 1. The summed E-state index contributed by atoms with van der Waals surface area (Å²) in [5, 5.41) is 46.9. The number of hydrogen-bond donors (Lipinski definition) is 8. The molecule has 0 bridgehead atoms. The molecule has 0 aromatic rings. The molecule has 73 heavy (non-hydrogen) atoms. The third-order valence-electron chi connectivity index (χ3n) is 11.7. The van der Waals surface area contributed by atoms with Crippen LogP contribution < -0.4 is 21.3 Å². The van der Waals surface area contributed by atoms with Crippen LogP contribution in [0.1, 0.15) is 161 Å². The van der Waals surface area contributed by atoms with Gasteiger partial charge in [-0.15, -0.1) is 0 Å². The minimum atomic E-state index is -1.23. The topological polar surface area (TPSA) is 320 Å². The maximum Gasteiger partial charge on any atom is 0.326 e. The van der Waals surface area contributed by atoms with Crippen molar-refractivity contribution in [1.29, 1.82) is 0 Å². The van der Waals surface area contributed by atoms with Crippen molar-refractivity contribution in [2.45, 2.75) is 167 Å². The third kappa shape index (κ3) is 44.9. The number of rotatable bonds is 54. The second-order valence-corrected chi connectivity index (χ2v) is 19.1. The number of thioether (sulfide) groups is 1. The molecule has 8 N–H and O–H groups in total. The van der Waals surface area contributed by atoms with Crippen LogP contribution in [0.25, 0.3) is 0 Å². The Hall–Kier alpha value is -4.22. The molecule has 0 fully saturated rings. The first kappa shape index (κ1) is 68.8. The van der Waals surface area contributed by atoms with Gasteiger partial charge in [0.25, 0.3) is 0 Å². The SMILES string of the molecule is CC[C@@H](CSCC(=O)NCCNC(=O)COCCOCCNC(=O)COCCOCCCC(=O)CC[C@H](NC(=O)CCCCCCCCCCCCCCCCCCC(=O)O)C(=O)O)C(=O)C[C@@H](CO)C(=O)O. The Morgan fingerprint density at radius 2 is 0.959 bits per heavy atom. The highest BCUT2D eigenvalue weighted by molar-refractivity contribution is 7.99. The molecule has 0 aromatic carbocycles. The lowest BCUT2D eigenvalue weighted by molar-refractivity contribution is -0.145. The van der Waals surface area contributed by atoms with Crippen molar-refractivity contribution in [3.05, 3.63) is 0 Å². The summed E-state index contributed by atoms with van der Waals surface area (Å²) in [7, 11) is 0. The predicted octanol–water partition coefficient (Wildman–Crippen LogP) is 4.62. The Kier molecular flexibility index (Phi) is 45.9. The lowest BCUT2D eigenvalue weighted by atomic mass is 9.94. The van der Waals surface area contributed by atoms with Crippen LogP contribution in [0.5, 0.6) is 0 Å². The van der Waals surface area contributed by atoms with Gasteiger partial charge in [-0.2, -0.15) is 11.8 Å². The first-order valence-corrected chi connectivity index (χ1v) is 27.7. The Bertz CT molecular complexity index is 1540. The van der Waals surface area contributed by atoms with Crippen molar-refractivity contribution in [2.24, 2.45) is 11.8 Å². The largest absolute Gasteiger partial charge is 0.481 e. The molecular weight excluding hydrogens is 973 g/mol. The van der Waals surface area contributed by atoms with E-state index < -0.39 is 42.4 Å². The molecule has 0 saturated carbocycles. The quantitative estimate of drug-likeness (QED) is 0.0385. The highest BCUT2D eigenvalue weighted by Crippen LogP contribution is 2.18. The number of unbranched alkanes of at least 4 members (excludes halogenated alkanes) is 15. The summed E-state index contributed by atoms with van der Waals surface area (Å²) in [6.45, 7) is 2.61. The van der Waals surface area contributed by atoms with Crippen LogP contribution in [0.3, 0.4) is 0 Å². The molecule has 422 valence electrons. The van der Waals surface area contributed by atoms with Gasteiger partial charge in [0.1, 0.15) is 30.8 Å². The molecule has 21 nitrogen and oxygen atoms in total. The van der Waals surface area contributed by atoms with Crippen LogP contribution in [-0.2, 0) is 62.1 Å². The number of carbonyl (C=O) groups excluding carboxylic acids is 6. The molecule has 0 saturated heterocycles. The maximum atomic E-state index is 12.4. The van der Waals surface area contributed by atoms with Gasteiger partial charge in [0.15, 0.2) is 0 Å². The van der Waals surface area contributed by atoms with Crippen LogP contribution in [0.15, 0.2) is 0 Å². The summed E-state index contributed by atoms with van der Waals surface area (Å²) < 4.78 is 21.4. The van der Waals surface area contributed by atoms with Crippen molar-refractivity contribution in [1.82, 2.24) is 21.3 Å². The van der Waals surface area contributed by atoms with Gasteiger partial charge < -0.3 is 60.6 Å². The molecule has 0 aromatic heterocycles. The van der Waals surface area contributed by atoms with Crippen LogP contribution in [0.2, 0.25) is 0 Å². The summed E-state index contributed by atoms with van der Waals surface area (Å²) in [5.74, 6) is -5.92. The van der Waals surface area contributed by atoms with E-state index in [1.54, 1.807) is 6.92 Å². The highest BCUT2D eigenvalue weighted by atomic mass is 32.2. The number of aliphatic carboxylic acids is 3. The number of Topliss-reactive ketones (excluding diaryl/α,β-unsaturated/α-hetero) is 2. The van der Waals surface area contributed by atoms with Gasteiger partial charge in [0, 0.05) is 70.0 Å². The first-order valence-electron chi connectivity index (χ1n) is 26.5. The number of carboxylic acids is 3.